The van der Waals surface area contributed by atoms with Gasteiger partial charge >= 0.3 is 12.1 Å². The first-order chi connectivity index (χ1) is 11.9. The Balaban J connectivity index is 2.69. The van der Waals surface area contributed by atoms with Crippen LogP contribution in [0.4, 0.5) is 13.2 Å². The van der Waals surface area contributed by atoms with E-state index in [4.69, 9.17) is 16.7 Å². The van der Waals surface area contributed by atoms with Crippen LogP contribution in [0.2, 0.25) is 0 Å². The Morgan fingerprint density at radius 2 is 1.85 bits per heavy atom. The van der Waals surface area contributed by atoms with E-state index >= 15 is 0 Å². The molecule has 9 heteroatoms. The third-order valence-electron chi connectivity index (χ3n) is 4.60. The smallest absolute Gasteiger partial charge is 0.416 e. The molecule has 0 aliphatic heterocycles. The second-order valence-electron chi connectivity index (χ2n) is 6.67. The highest BCUT2D eigenvalue weighted by Gasteiger charge is 2.39. The lowest BCUT2D eigenvalue weighted by atomic mass is 9.81. The molecule has 0 amide bonds. The molecule has 0 spiro atoms. The lowest BCUT2D eigenvalue weighted by Gasteiger charge is -2.28. The molecule has 0 saturated heterocycles. The molecule has 4 nitrogen and oxygen atoms in total. The second-order valence-corrected chi connectivity index (χ2v) is 9.18. The van der Waals surface area contributed by atoms with Gasteiger partial charge < -0.3 is 5.11 Å². The van der Waals surface area contributed by atoms with Crippen molar-refractivity contribution >= 4 is 27.4 Å². The van der Waals surface area contributed by atoms with Crippen molar-refractivity contribution < 1.29 is 31.5 Å². The van der Waals surface area contributed by atoms with E-state index in [-0.39, 0.29) is 16.0 Å². The van der Waals surface area contributed by atoms with Crippen molar-refractivity contribution in [3.63, 3.8) is 0 Å². The molecular weight excluding hydrogens is 393 g/mol. The molecule has 0 aromatic heterocycles. The summed E-state index contributed by atoms with van der Waals surface area (Å²) in [6.45, 7) is 0. The van der Waals surface area contributed by atoms with Crippen LogP contribution in [0.5, 0.6) is 0 Å². The van der Waals surface area contributed by atoms with E-state index in [0.717, 1.165) is 37.7 Å². The quantitative estimate of drug-likeness (QED) is 0.728. The Morgan fingerprint density at radius 3 is 2.31 bits per heavy atom. The number of aliphatic carboxylic acids is 1. The van der Waals surface area contributed by atoms with Gasteiger partial charge in [-0.2, -0.15) is 13.2 Å². The number of sulfone groups is 1. The van der Waals surface area contributed by atoms with Gasteiger partial charge in [0, 0.05) is 6.26 Å². The third kappa shape index (κ3) is 4.91. The van der Waals surface area contributed by atoms with Crippen molar-refractivity contribution in [1.29, 1.82) is 0 Å². The number of alkyl halides is 4. The van der Waals surface area contributed by atoms with Crippen molar-refractivity contribution in [2.75, 3.05) is 6.26 Å². The molecule has 2 rings (SSSR count). The van der Waals surface area contributed by atoms with Gasteiger partial charge in [0.05, 0.1) is 10.5 Å². The number of hydrogen-bond donors (Lipinski definition) is 1. The van der Waals surface area contributed by atoms with E-state index in [9.17, 15) is 26.4 Å². The monoisotopic (exact) mass is 412 g/mol. The zero-order valence-corrected chi connectivity index (χ0v) is 15.7. The van der Waals surface area contributed by atoms with Gasteiger partial charge in [-0.1, -0.05) is 19.3 Å². The predicted octanol–water partition coefficient (Wildman–Crippen LogP) is 4.39. The molecule has 1 unspecified atom stereocenters. The molecule has 1 aromatic carbocycles. The SMILES string of the molecule is CS(=O)(=O)c1cc(CC(Cl)C(=O)O)cc(C(F)(F)F)c1C1CCCCC1. The molecule has 1 aromatic rings. The van der Waals surface area contributed by atoms with Crippen LogP contribution >= 0.6 is 11.6 Å². The minimum atomic E-state index is -4.74. The maximum absolute atomic E-state index is 13.7. The Bertz CT molecular complexity index is 784. The number of rotatable bonds is 5. The highest BCUT2D eigenvalue weighted by molar-refractivity contribution is 7.90. The summed E-state index contributed by atoms with van der Waals surface area (Å²) in [6, 6.07) is 1.99. The zero-order valence-electron chi connectivity index (χ0n) is 14.1. The van der Waals surface area contributed by atoms with Gasteiger partial charge in [0.1, 0.15) is 5.38 Å². The lowest BCUT2D eigenvalue weighted by Crippen LogP contribution is -2.21. The second kappa shape index (κ2) is 7.76. The summed E-state index contributed by atoms with van der Waals surface area (Å²) in [4.78, 5) is 10.5. The molecule has 26 heavy (non-hydrogen) atoms. The maximum Gasteiger partial charge on any atom is 0.416 e. The molecule has 0 bridgehead atoms. The molecule has 0 radical (unpaired) electrons. The number of benzene rings is 1. The Labute approximate surface area is 155 Å². The number of hydrogen-bond acceptors (Lipinski definition) is 3. The topological polar surface area (TPSA) is 71.4 Å². The molecule has 1 saturated carbocycles. The van der Waals surface area contributed by atoms with Crippen LogP contribution in [0.1, 0.15) is 54.7 Å². The van der Waals surface area contributed by atoms with Crippen LogP contribution in [-0.2, 0) is 27.2 Å². The fraction of sp³-hybridized carbons (Fsp3) is 0.588. The number of carbonyl (C=O) groups is 1. The van der Waals surface area contributed by atoms with Crippen LogP contribution in [0.25, 0.3) is 0 Å². The first-order valence-corrected chi connectivity index (χ1v) is 10.5. The first-order valence-electron chi connectivity index (χ1n) is 8.22. The van der Waals surface area contributed by atoms with Crippen molar-refractivity contribution in [1.82, 2.24) is 0 Å². The van der Waals surface area contributed by atoms with Gasteiger partial charge in [-0.05, 0) is 48.4 Å². The van der Waals surface area contributed by atoms with E-state index in [2.05, 4.69) is 0 Å². The summed E-state index contributed by atoms with van der Waals surface area (Å²) in [7, 11) is -3.93. The average Bonchev–Trinajstić information content (AvgIpc) is 2.53. The standard InChI is InChI=1S/C17H20ClF3O4S/c1-26(24,25)14-9-10(8-13(18)16(22)23)7-12(17(19,20)21)15(14)11-5-3-2-4-6-11/h7,9,11,13H,2-6,8H2,1H3,(H,22,23). The van der Waals surface area contributed by atoms with Gasteiger partial charge in [0.15, 0.2) is 9.84 Å². The summed E-state index contributed by atoms with van der Waals surface area (Å²) in [5.74, 6) is -1.86. The maximum atomic E-state index is 13.7. The van der Waals surface area contributed by atoms with Crippen LogP contribution < -0.4 is 0 Å². The minimum absolute atomic E-state index is 0.0558. The van der Waals surface area contributed by atoms with E-state index in [1.165, 1.54) is 0 Å². The van der Waals surface area contributed by atoms with E-state index in [0.29, 0.717) is 12.8 Å². The molecule has 146 valence electrons. The summed E-state index contributed by atoms with van der Waals surface area (Å²) in [5, 5.41) is 7.45. The van der Waals surface area contributed by atoms with Gasteiger partial charge in [-0.15, -0.1) is 11.6 Å². The van der Waals surface area contributed by atoms with Crippen molar-refractivity contribution in [2.45, 2.75) is 60.9 Å². The third-order valence-corrected chi connectivity index (χ3v) is 6.08. The molecule has 1 aliphatic rings. The molecule has 1 atom stereocenters. The Morgan fingerprint density at radius 1 is 1.27 bits per heavy atom. The normalized spacial score (nSPS) is 17.9. The fourth-order valence-electron chi connectivity index (χ4n) is 3.45. The van der Waals surface area contributed by atoms with Crippen LogP contribution in [0.15, 0.2) is 17.0 Å². The number of carboxylic acids is 1. The molecule has 1 fully saturated rings. The number of carboxylic acid groups (broad SMARTS) is 1. The minimum Gasteiger partial charge on any atom is -0.480 e. The average molecular weight is 413 g/mol. The fourth-order valence-corrected chi connectivity index (χ4v) is 4.67. The zero-order chi connectivity index (χ0) is 19.7. The first kappa shape index (κ1) is 21.0. The molecule has 0 heterocycles. The van der Waals surface area contributed by atoms with Gasteiger partial charge in [0.2, 0.25) is 0 Å². The van der Waals surface area contributed by atoms with Crippen molar-refractivity contribution in [3.8, 4) is 0 Å². The summed E-state index contributed by atoms with van der Waals surface area (Å²) in [6.07, 6.45) is -0.868. The van der Waals surface area contributed by atoms with E-state index in [1.54, 1.807) is 0 Å². The van der Waals surface area contributed by atoms with Gasteiger partial charge in [0.25, 0.3) is 0 Å². The van der Waals surface area contributed by atoms with E-state index in [1.807, 2.05) is 0 Å². The lowest BCUT2D eigenvalue weighted by molar-refractivity contribution is -0.138. The molecule has 1 N–H and O–H groups in total. The van der Waals surface area contributed by atoms with Gasteiger partial charge in [-0.3, -0.25) is 4.79 Å². The van der Waals surface area contributed by atoms with E-state index < -0.39 is 45.3 Å². The predicted molar refractivity (Wildman–Crippen MR) is 91.4 cm³/mol. The van der Waals surface area contributed by atoms with Crippen molar-refractivity contribution in [3.05, 3.63) is 28.8 Å². The largest absolute Gasteiger partial charge is 0.480 e. The van der Waals surface area contributed by atoms with Gasteiger partial charge in [-0.25, -0.2) is 8.42 Å². The summed E-state index contributed by atoms with van der Waals surface area (Å²) >= 11 is 5.64. The van der Waals surface area contributed by atoms with Crippen LogP contribution in [-0.4, -0.2) is 31.1 Å². The van der Waals surface area contributed by atoms with Crippen molar-refractivity contribution in [2.24, 2.45) is 0 Å². The van der Waals surface area contributed by atoms with Crippen LogP contribution in [0, 0.1) is 0 Å². The highest BCUT2D eigenvalue weighted by atomic mass is 35.5. The molecular formula is C17H20ClF3O4S. The summed E-state index contributed by atoms with van der Waals surface area (Å²) < 4.78 is 65.6. The Hall–Kier alpha value is -1.28. The number of halogens is 4. The van der Waals surface area contributed by atoms with Crippen LogP contribution in [0.3, 0.4) is 0 Å². The highest BCUT2D eigenvalue weighted by Crippen LogP contribution is 2.44. The molecule has 1 aliphatic carbocycles. The summed E-state index contributed by atoms with van der Waals surface area (Å²) in [5.41, 5.74) is -1.25. The Kier molecular flexibility index (Phi) is 6.28.